The van der Waals surface area contributed by atoms with Crippen molar-refractivity contribution in [3.63, 3.8) is 0 Å². The molecule has 4 rings (SSSR count). The van der Waals surface area contributed by atoms with Crippen molar-refractivity contribution >= 4 is 17.7 Å². The molecule has 4 heterocycles. The summed E-state index contributed by atoms with van der Waals surface area (Å²) in [5.74, 6) is 1.32. The Morgan fingerprint density at radius 3 is 2.66 bits per heavy atom. The van der Waals surface area contributed by atoms with E-state index < -0.39 is 41.9 Å². The maximum atomic E-state index is 13.4. The molecular formula is C25H42N2O7S. The molecule has 0 aromatic rings. The highest BCUT2D eigenvalue weighted by atomic mass is 32.2. The van der Waals surface area contributed by atoms with E-state index >= 15 is 0 Å². The first-order chi connectivity index (χ1) is 16.8. The molecule has 6 N–H and O–H groups in total. The largest absolute Gasteiger partial charge is 0.395 e. The predicted molar refractivity (Wildman–Crippen MR) is 133 cm³/mol. The number of hydrogen-bond acceptors (Lipinski definition) is 9. The van der Waals surface area contributed by atoms with E-state index in [2.05, 4.69) is 24.5 Å². The molecule has 3 fully saturated rings. The lowest BCUT2D eigenvalue weighted by atomic mass is 9.85. The van der Waals surface area contributed by atoms with E-state index in [0.29, 0.717) is 31.3 Å². The number of ether oxygens (including phenoxy) is 2. The van der Waals surface area contributed by atoms with Crippen molar-refractivity contribution in [2.24, 2.45) is 17.8 Å². The van der Waals surface area contributed by atoms with E-state index in [-0.39, 0.29) is 29.8 Å². The summed E-state index contributed by atoms with van der Waals surface area (Å²) in [5.41, 5.74) is -0.821. The molecule has 200 valence electrons. The van der Waals surface area contributed by atoms with Gasteiger partial charge in [-0.25, -0.2) is 0 Å². The molecule has 4 aliphatic heterocycles. The quantitative estimate of drug-likeness (QED) is 0.283. The summed E-state index contributed by atoms with van der Waals surface area (Å²) in [4.78, 5) is 13.4. The average molecular weight is 515 g/mol. The summed E-state index contributed by atoms with van der Waals surface area (Å²) in [7, 11) is 0. The molecular weight excluding hydrogens is 472 g/mol. The Morgan fingerprint density at radius 2 is 1.91 bits per heavy atom. The number of aliphatic hydroxyl groups excluding tert-OH is 4. The van der Waals surface area contributed by atoms with Gasteiger partial charge in [0.2, 0.25) is 5.91 Å². The van der Waals surface area contributed by atoms with Gasteiger partial charge in [-0.15, -0.1) is 11.8 Å². The van der Waals surface area contributed by atoms with Crippen LogP contribution in [-0.4, -0.2) is 99.4 Å². The first-order valence-electron chi connectivity index (χ1n) is 13.0. The zero-order valence-electron chi connectivity index (χ0n) is 20.7. The van der Waals surface area contributed by atoms with Crippen LogP contribution in [0.5, 0.6) is 0 Å². The first-order valence-corrected chi connectivity index (χ1v) is 14.0. The number of thioether (sulfide) groups is 1. The lowest BCUT2D eigenvalue weighted by Crippen LogP contribution is -2.64. The molecule has 10 heteroatoms. The normalized spacial score (nSPS) is 45.4. The van der Waals surface area contributed by atoms with E-state index in [1.165, 1.54) is 18.2 Å². The van der Waals surface area contributed by atoms with Gasteiger partial charge in [0.25, 0.3) is 0 Å². The summed E-state index contributed by atoms with van der Waals surface area (Å²) in [6, 6.07) is -1.08. The number of rotatable bonds is 5. The van der Waals surface area contributed by atoms with Crippen molar-refractivity contribution in [3.05, 3.63) is 12.2 Å². The maximum Gasteiger partial charge on any atom is 0.240 e. The molecule has 6 unspecified atom stereocenters. The molecule has 0 saturated carbocycles. The molecule has 1 amide bonds. The second kappa shape index (κ2) is 12.2. The predicted octanol–water partition coefficient (Wildman–Crippen LogP) is 0.152. The third-order valence-corrected chi connectivity index (χ3v) is 9.15. The van der Waals surface area contributed by atoms with E-state index in [1.807, 2.05) is 12.2 Å². The molecule has 35 heavy (non-hydrogen) atoms. The van der Waals surface area contributed by atoms with Crippen LogP contribution >= 0.6 is 11.8 Å². The van der Waals surface area contributed by atoms with Crippen LogP contribution in [0.25, 0.3) is 0 Å². The maximum absolute atomic E-state index is 13.4. The van der Waals surface area contributed by atoms with Gasteiger partial charge in [0.15, 0.2) is 0 Å². The van der Waals surface area contributed by atoms with Crippen molar-refractivity contribution in [1.82, 2.24) is 10.6 Å². The second-order valence-corrected chi connectivity index (χ2v) is 12.3. The van der Waals surface area contributed by atoms with Crippen LogP contribution in [0, 0.1) is 17.8 Å². The lowest BCUT2D eigenvalue weighted by molar-refractivity contribution is -0.205. The molecule has 4 aliphatic rings. The Hall–Kier alpha value is -0.720. The molecule has 0 spiro atoms. The standard InChI is InChI=1S/C25H42N2O7S/c1-13(2)9-14-7-8-33-22-15(10-14)11-26-18(22)24(32)27-17-6-4-3-5-16(12-28)35-25-21(31)19(29)20(30)23(17)34-25/h3-4,13-23,25-26,28-31H,5-12H2,1-2H3,(H,27,32)/b4-3-/t14-,15-,16-,17+,18?,19?,20?,21?,22+,23?,25?/m0/s1. The second-order valence-electron chi connectivity index (χ2n) is 10.9. The Balaban J connectivity index is 1.46. The van der Waals surface area contributed by atoms with Crippen molar-refractivity contribution in [3.8, 4) is 0 Å². The van der Waals surface area contributed by atoms with Gasteiger partial charge in [0, 0.05) is 18.4 Å². The molecule has 2 bridgehead atoms. The number of hydrogen-bond donors (Lipinski definition) is 6. The van der Waals surface area contributed by atoms with Crippen molar-refractivity contribution in [1.29, 1.82) is 0 Å². The summed E-state index contributed by atoms with van der Waals surface area (Å²) in [6.07, 6.45) is 2.88. The fourth-order valence-electron chi connectivity index (χ4n) is 5.99. The number of allylic oxidation sites excluding steroid dienone is 1. The van der Waals surface area contributed by atoms with Gasteiger partial charge in [0.1, 0.15) is 35.9 Å². The minimum absolute atomic E-state index is 0.0982. The van der Waals surface area contributed by atoms with Gasteiger partial charge in [-0.3, -0.25) is 4.79 Å². The lowest BCUT2D eigenvalue weighted by Gasteiger charge is -2.44. The van der Waals surface area contributed by atoms with Crippen molar-refractivity contribution < 1.29 is 34.7 Å². The van der Waals surface area contributed by atoms with E-state index in [0.717, 1.165) is 19.4 Å². The van der Waals surface area contributed by atoms with Crippen LogP contribution in [0.4, 0.5) is 0 Å². The van der Waals surface area contributed by atoms with Crippen molar-refractivity contribution in [2.75, 3.05) is 19.8 Å². The van der Waals surface area contributed by atoms with Crippen LogP contribution in [0.2, 0.25) is 0 Å². The number of carbonyl (C=O) groups is 1. The fourth-order valence-corrected chi connectivity index (χ4v) is 7.19. The molecule has 11 atom stereocenters. The zero-order valence-corrected chi connectivity index (χ0v) is 21.5. The monoisotopic (exact) mass is 514 g/mol. The van der Waals surface area contributed by atoms with E-state index in [9.17, 15) is 25.2 Å². The molecule has 0 aromatic heterocycles. The van der Waals surface area contributed by atoms with Gasteiger partial charge < -0.3 is 40.5 Å². The van der Waals surface area contributed by atoms with Crippen LogP contribution in [-0.2, 0) is 14.3 Å². The highest BCUT2D eigenvalue weighted by Crippen LogP contribution is 2.36. The Morgan fingerprint density at radius 1 is 1.14 bits per heavy atom. The Kier molecular flexibility index (Phi) is 9.53. The van der Waals surface area contributed by atoms with Crippen molar-refractivity contribution in [2.45, 2.75) is 99.2 Å². The fraction of sp³-hybridized carbons (Fsp3) is 0.880. The topological polar surface area (TPSA) is 141 Å². The zero-order chi connectivity index (χ0) is 25.1. The number of nitrogens with one attached hydrogen (secondary N) is 2. The summed E-state index contributed by atoms with van der Waals surface area (Å²) < 4.78 is 12.2. The molecule has 0 radical (unpaired) electrons. The number of aliphatic hydroxyl groups is 4. The highest BCUT2D eigenvalue weighted by molar-refractivity contribution is 8.00. The van der Waals surface area contributed by atoms with E-state index in [4.69, 9.17) is 9.47 Å². The highest BCUT2D eigenvalue weighted by Gasteiger charge is 2.49. The Labute approximate surface area is 212 Å². The number of carbonyl (C=O) groups excluding carboxylic acids is 1. The minimum atomic E-state index is -1.41. The smallest absolute Gasteiger partial charge is 0.240 e. The molecule has 3 saturated heterocycles. The molecule has 0 aromatic carbocycles. The minimum Gasteiger partial charge on any atom is -0.395 e. The molecule has 0 aliphatic carbocycles. The Bertz CT molecular complexity index is 741. The summed E-state index contributed by atoms with van der Waals surface area (Å²) >= 11 is 1.24. The van der Waals surface area contributed by atoms with Gasteiger partial charge in [-0.1, -0.05) is 26.0 Å². The average Bonchev–Trinajstić information content (AvgIpc) is 3.11. The van der Waals surface area contributed by atoms with Gasteiger partial charge in [-0.05, 0) is 49.9 Å². The third-order valence-electron chi connectivity index (χ3n) is 7.77. The van der Waals surface area contributed by atoms with Gasteiger partial charge in [-0.2, -0.15) is 0 Å². The van der Waals surface area contributed by atoms with Crippen LogP contribution in [0.15, 0.2) is 12.2 Å². The van der Waals surface area contributed by atoms with Gasteiger partial charge >= 0.3 is 0 Å². The number of fused-ring (bicyclic) bond motifs is 3. The first kappa shape index (κ1) is 27.3. The van der Waals surface area contributed by atoms with E-state index in [1.54, 1.807) is 0 Å². The van der Waals surface area contributed by atoms with Crippen LogP contribution in [0.1, 0.15) is 46.0 Å². The molecule has 9 nitrogen and oxygen atoms in total. The number of amides is 1. The van der Waals surface area contributed by atoms with Crippen LogP contribution < -0.4 is 10.6 Å². The summed E-state index contributed by atoms with van der Waals surface area (Å²) in [5, 5.41) is 47.6. The summed E-state index contributed by atoms with van der Waals surface area (Å²) in [6.45, 7) is 5.76. The van der Waals surface area contributed by atoms with Gasteiger partial charge in [0.05, 0.1) is 18.8 Å². The SMILES string of the molecule is CC(C)C[C@@H]1CCO[C@H]2C(C(=O)N[C@@H]3C/C=C\C[C@@H](CO)SC4OC3C(O)C(O)C4O)NC[C@@H]2C1. The third kappa shape index (κ3) is 6.41. The van der Waals surface area contributed by atoms with Crippen LogP contribution in [0.3, 0.4) is 0 Å².